The standard InChI is InChI=1S/C21H19F2NO/c1-21(22,23)17-5-4-14-11-16(20(25)18(14)12-17)10-13-3-6-19-15(9-13)7-8-24(19)2/h3-9,12,16H,10-11H2,1-2H3. The smallest absolute Gasteiger partial charge is 0.270 e. The van der Waals surface area contributed by atoms with E-state index in [1.807, 2.05) is 19.3 Å². The fourth-order valence-corrected chi connectivity index (χ4v) is 3.74. The molecule has 0 fully saturated rings. The predicted octanol–water partition coefficient (Wildman–Crippen LogP) is 4.89. The number of carbonyl (C=O) groups excluding carboxylic acids is 1. The third kappa shape index (κ3) is 2.76. The number of carbonyl (C=O) groups is 1. The van der Waals surface area contributed by atoms with Gasteiger partial charge in [-0.15, -0.1) is 0 Å². The van der Waals surface area contributed by atoms with Gasteiger partial charge in [0.2, 0.25) is 0 Å². The lowest BCUT2D eigenvalue weighted by Crippen LogP contribution is -2.13. The Kier molecular flexibility index (Phi) is 3.53. The number of benzene rings is 2. The van der Waals surface area contributed by atoms with Crippen LogP contribution in [0.4, 0.5) is 8.78 Å². The van der Waals surface area contributed by atoms with Crippen molar-refractivity contribution in [3.8, 4) is 0 Å². The van der Waals surface area contributed by atoms with E-state index in [1.54, 1.807) is 6.07 Å². The number of hydrogen-bond acceptors (Lipinski definition) is 1. The molecule has 1 atom stereocenters. The van der Waals surface area contributed by atoms with Crippen LogP contribution < -0.4 is 0 Å². The number of alkyl halides is 2. The molecule has 2 nitrogen and oxygen atoms in total. The summed E-state index contributed by atoms with van der Waals surface area (Å²) in [5.41, 5.74) is 3.50. The summed E-state index contributed by atoms with van der Waals surface area (Å²) in [4.78, 5) is 12.7. The zero-order valence-corrected chi connectivity index (χ0v) is 14.2. The first kappa shape index (κ1) is 16.0. The number of fused-ring (bicyclic) bond motifs is 2. The van der Waals surface area contributed by atoms with E-state index in [2.05, 4.69) is 22.8 Å². The van der Waals surface area contributed by atoms with Crippen molar-refractivity contribution in [2.75, 3.05) is 0 Å². The summed E-state index contributed by atoms with van der Waals surface area (Å²) in [5, 5.41) is 1.15. The summed E-state index contributed by atoms with van der Waals surface area (Å²) in [6.07, 6.45) is 3.27. The molecule has 0 amide bonds. The molecule has 4 rings (SSSR count). The summed E-state index contributed by atoms with van der Waals surface area (Å²) < 4.78 is 29.1. The van der Waals surface area contributed by atoms with Gasteiger partial charge in [-0.25, -0.2) is 8.78 Å². The summed E-state index contributed by atoms with van der Waals surface area (Å²) in [5.74, 6) is -3.11. The number of nitrogens with zero attached hydrogens (tertiary/aromatic N) is 1. The SMILES string of the molecule is Cn1ccc2cc(CC3Cc4ccc(C(C)(F)F)cc4C3=O)ccc21. The Bertz CT molecular complexity index is 981. The van der Waals surface area contributed by atoms with Crippen LogP contribution in [0.15, 0.2) is 48.7 Å². The third-order valence-electron chi connectivity index (χ3n) is 5.15. The van der Waals surface area contributed by atoms with Crippen molar-refractivity contribution in [1.82, 2.24) is 4.57 Å². The van der Waals surface area contributed by atoms with Gasteiger partial charge < -0.3 is 4.57 Å². The van der Waals surface area contributed by atoms with Gasteiger partial charge in [-0.1, -0.05) is 18.2 Å². The molecule has 0 radical (unpaired) electrons. The van der Waals surface area contributed by atoms with E-state index in [4.69, 9.17) is 0 Å². The first-order chi connectivity index (χ1) is 11.8. The molecular weight excluding hydrogens is 320 g/mol. The molecule has 0 saturated heterocycles. The van der Waals surface area contributed by atoms with Gasteiger partial charge in [0.25, 0.3) is 5.92 Å². The summed E-state index contributed by atoms with van der Waals surface area (Å²) in [6.45, 7) is 0.862. The lowest BCUT2D eigenvalue weighted by molar-refractivity contribution is 0.0174. The van der Waals surface area contributed by atoms with Gasteiger partial charge in [-0.3, -0.25) is 4.79 Å². The second-order valence-electron chi connectivity index (χ2n) is 7.05. The predicted molar refractivity (Wildman–Crippen MR) is 94.2 cm³/mol. The van der Waals surface area contributed by atoms with Gasteiger partial charge >= 0.3 is 0 Å². The van der Waals surface area contributed by atoms with E-state index in [0.29, 0.717) is 18.4 Å². The first-order valence-electron chi connectivity index (χ1n) is 8.42. The van der Waals surface area contributed by atoms with E-state index < -0.39 is 5.92 Å². The summed E-state index contributed by atoms with van der Waals surface area (Å²) >= 11 is 0. The van der Waals surface area contributed by atoms with Gasteiger partial charge in [-0.05, 0) is 53.6 Å². The average Bonchev–Trinajstić information content (AvgIpc) is 3.07. The number of aryl methyl sites for hydroxylation is 1. The van der Waals surface area contributed by atoms with Crippen molar-refractivity contribution in [3.05, 3.63) is 70.9 Å². The molecule has 1 aromatic heterocycles. The second-order valence-corrected chi connectivity index (χ2v) is 7.05. The maximum Gasteiger partial charge on any atom is 0.270 e. The van der Waals surface area contributed by atoms with Gasteiger partial charge in [0.05, 0.1) is 0 Å². The van der Waals surface area contributed by atoms with Crippen LogP contribution >= 0.6 is 0 Å². The van der Waals surface area contributed by atoms with E-state index in [1.165, 1.54) is 12.1 Å². The Balaban J connectivity index is 1.60. The topological polar surface area (TPSA) is 22.0 Å². The molecule has 0 N–H and O–H groups in total. The van der Waals surface area contributed by atoms with Gasteiger partial charge in [0.15, 0.2) is 5.78 Å². The number of Topliss-reactive ketones (excluding diaryl/α,β-unsaturated/α-hetero) is 1. The van der Waals surface area contributed by atoms with Crippen molar-refractivity contribution in [1.29, 1.82) is 0 Å². The minimum absolute atomic E-state index is 0.0192. The molecule has 1 aliphatic rings. The van der Waals surface area contributed by atoms with Crippen molar-refractivity contribution >= 4 is 16.7 Å². The molecule has 0 saturated carbocycles. The lowest BCUT2D eigenvalue weighted by Gasteiger charge is -2.11. The van der Waals surface area contributed by atoms with Crippen LogP contribution in [0.25, 0.3) is 10.9 Å². The highest BCUT2D eigenvalue weighted by molar-refractivity contribution is 6.02. The monoisotopic (exact) mass is 339 g/mol. The van der Waals surface area contributed by atoms with Crippen molar-refractivity contribution in [2.45, 2.75) is 25.7 Å². The molecule has 4 heteroatoms. The highest BCUT2D eigenvalue weighted by atomic mass is 19.3. The molecule has 1 unspecified atom stereocenters. The third-order valence-corrected chi connectivity index (χ3v) is 5.15. The highest BCUT2D eigenvalue weighted by Gasteiger charge is 2.33. The number of rotatable bonds is 3. The molecule has 0 aliphatic heterocycles. The van der Waals surface area contributed by atoms with Crippen LogP contribution in [-0.4, -0.2) is 10.4 Å². The molecule has 1 aliphatic carbocycles. The Morgan fingerprint density at radius 2 is 1.96 bits per heavy atom. The quantitative estimate of drug-likeness (QED) is 0.666. The van der Waals surface area contributed by atoms with E-state index in [9.17, 15) is 13.6 Å². The minimum Gasteiger partial charge on any atom is -0.351 e. The Morgan fingerprint density at radius 1 is 1.16 bits per heavy atom. The zero-order chi connectivity index (χ0) is 17.8. The number of halogens is 2. The van der Waals surface area contributed by atoms with Crippen LogP contribution in [0.5, 0.6) is 0 Å². The maximum absolute atomic E-state index is 13.5. The number of hydrogen-bond donors (Lipinski definition) is 0. The van der Waals surface area contributed by atoms with Gasteiger partial charge in [0, 0.05) is 42.7 Å². The highest BCUT2D eigenvalue weighted by Crippen LogP contribution is 2.34. The van der Waals surface area contributed by atoms with E-state index >= 15 is 0 Å². The molecule has 25 heavy (non-hydrogen) atoms. The fourth-order valence-electron chi connectivity index (χ4n) is 3.74. The molecule has 128 valence electrons. The van der Waals surface area contributed by atoms with Crippen LogP contribution in [0.2, 0.25) is 0 Å². The molecule has 2 aromatic carbocycles. The average molecular weight is 339 g/mol. The molecular formula is C21H19F2NO. The molecule has 1 heterocycles. The van der Waals surface area contributed by atoms with E-state index in [0.717, 1.165) is 29.0 Å². The number of aromatic nitrogens is 1. The summed E-state index contributed by atoms with van der Waals surface area (Å²) in [7, 11) is 2.00. The first-order valence-corrected chi connectivity index (χ1v) is 8.42. The number of ketones is 1. The van der Waals surface area contributed by atoms with Crippen molar-refractivity contribution in [3.63, 3.8) is 0 Å². The molecule has 3 aromatic rings. The maximum atomic E-state index is 13.5. The van der Waals surface area contributed by atoms with Crippen LogP contribution in [0.1, 0.15) is 34.0 Å². The fraction of sp³-hybridized carbons (Fsp3) is 0.286. The zero-order valence-electron chi connectivity index (χ0n) is 14.2. The van der Waals surface area contributed by atoms with Crippen molar-refractivity contribution < 1.29 is 13.6 Å². The van der Waals surface area contributed by atoms with Crippen molar-refractivity contribution in [2.24, 2.45) is 13.0 Å². The summed E-state index contributed by atoms with van der Waals surface area (Å²) in [6, 6.07) is 12.8. The molecule has 0 spiro atoms. The second kappa shape index (κ2) is 5.51. The normalized spacial score (nSPS) is 17.3. The van der Waals surface area contributed by atoms with Gasteiger partial charge in [0.1, 0.15) is 0 Å². The van der Waals surface area contributed by atoms with Crippen LogP contribution in [0, 0.1) is 5.92 Å². The molecule has 0 bridgehead atoms. The lowest BCUT2D eigenvalue weighted by atomic mass is 9.95. The van der Waals surface area contributed by atoms with E-state index in [-0.39, 0.29) is 17.3 Å². The van der Waals surface area contributed by atoms with Crippen LogP contribution in [0.3, 0.4) is 0 Å². The largest absolute Gasteiger partial charge is 0.351 e. The Morgan fingerprint density at radius 3 is 2.72 bits per heavy atom. The minimum atomic E-state index is -2.92. The Hall–Kier alpha value is -2.49. The Labute approximate surface area is 145 Å². The van der Waals surface area contributed by atoms with Gasteiger partial charge in [-0.2, -0.15) is 0 Å². The van der Waals surface area contributed by atoms with Crippen LogP contribution in [-0.2, 0) is 25.8 Å².